The van der Waals surface area contributed by atoms with Crippen LogP contribution in [0.2, 0.25) is 0 Å². The van der Waals surface area contributed by atoms with Crippen LogP contribution >= 0.6 is 0 Å². The Morgan fingerprint density at radius 1 is 0.909 bits per heavy atom. The lowest BCUT2D eigenvalue weighted by atomic mass is 9.98. The number of carbonyl (C=O) groups is 1. The van der Waals surface area contributed by atoms with E-state index < -0.39 is 22.9 Å². The van der Waals surface area contributed by atoms with Gasteiger partial charge in [0.05, 0.1) is 5.69 Å². The van der Waals surface area contributed by atoms with Crippen molar-refractivity contribution in [1.82, 2.24) is 14.5 Å². The molecular weight excluding hydrogens is 567 g/mol. The first-order valence-electron chi connectivity index (χ1n) is 14.1. The lowest BCUT2D eigenvalue weighted by Crippen LogP contribution is -2.28. The molecule has 5 aromatic rings. The first-order valence-corrected chi connectivity index (χ1v) is 14.1. The lowest BCUT2D eigenvalue weighted by molar-refractivity contribution is 0.101. The van der Waals surface area contributed by atoms with E-state index in [1.54, 1.807) is 42.3 Å². The van der Waals surface area contributed by atoms with Crippen molar-refractivity contribution < 1.29 is 18.0 Å². The molecule has 0 bridgehead atoms. The standard InChI is InChI=1S/C25H23F2N5O2.C7H7F.C2H6/c1-14-7-8-16(15(2)33)13-18(14)22-17-9-10-21(34)32(23-19(26)5-4-6-20(23)27)24(17)30-25(29-22)31(3)12-11-28;1-6-2-4-7(8)5-3-6;1-2/h4-10,13H,11-12,28H2,1-3H3;2-5H,1H3;1-2H3. The predicted molar refractivity (Wildman–Crippen MR) is 170 cm³/mol. The van der Waals surface area contributed by atoms with Crippen LogP contribution in [0.25, 0.3) is 28.0 Å². The molecule has 0 amide bonds. The van der Waals surface area contributed by atoms with Crippen molar-refractivity contribution in [3.63, 3.8) is 0 Å². The normalized spacial score (nSPS) is 10.4. The van der Waals surface area contributed by atoms with Crippen LogP contribution in [0.1, 0.15) is 42.3 Å². The number of aryl methyl sites for hydroxylation is 2. The number of likely N-dealkylation sites (N-methyl/N-ethyl adjacent to an activating group) is 1. The molecule has 0 atom stereocenters. The number of pyridine rings is 1. The van der Waals surface area contributed by atoms with Crippen molar-refractivity contribution in [2.45, 2.75) is 34.6 Å². The Balaban J connectivity index is 0.000000454. The van der Waals surface area contributed by atoms with E-state index in [4.69, 9.17) is 10.7 Å². The third kappa shape index (κ3) is 7.57. The quantitative estimate of drug-likeness (QED) is 0.215. The van der Waals surface area contributed by atoms with E-state index in [2.05, 4.69) is 4.98 Å². The minimum Gasteiger partial charge on any atom is -0.343 e. The summed E-state index contributed by atoms with van der Waals surface area (Å²) >= 11 is 0. The number of benzene rings is 3. The van der Waals surface area contributed by atoms with E-state index in [1.807, 2.05) is 27.7 Å². The van der Waals surface area contributed by atoms with Crippen LogP contribution in [0.4, 0.5) is 19.1 Å². The molecule has 0 unspecified atom stereocenters. The fraction of sp³-hybridized carbons (Fsp3) is 0.235. The maximum Gasteiger partial charge on any atom is 0.256 e. The van der Waals surface area contributed by atoms with Crippen LogP contribution in [0.15, 0.2) is 77.6 Å². The fourth-order valence-corrected chi connectivity index (χ4v) is 4.32. The van der Waals surface area contributed by atoms with Gasteiger partial charge in [-0.05, 0) is 62.7 Å². The zero-order valence-electron chi connectivity index (χ0n) is 25.7. The molecule has 2 N–H and O–H groups in total. The molecular formula is C34H36F3N5O2. The topological polar surface area (TPSA) is 94.1 Å². The largest absolute Gasteiger partial charge is 0.343 e. The number of para-hydroxylation sites is 1. The van der Waals surface area contributed by atoms with Crippen LogP contribution in [0, 0.1) is 31.3 Å². The van der Waals surface area contributed by atoms with Gasteiger partial charge in [0.25, 0.3) is 5.56 Å². The molecule has 3 aromatic carbocycles. The number of nitrogens with zero attached hydrogens (tertiary/aromatic N) is 4. The number of hydrogen-bond donors (Lipinski definition) is 1. The molecule has 10 heteroatoms. The molecule has 0 aliphatic heterocycles. The minimum atomic E-state index is -0.901. The number of ketones is 1. The summed E-state index contributed by atoms with van der Waals surface area (Å²) in [4.78, 5) is 35.8. The van der Waals surface area contributed by atoms with E-state index >= 15 is 0 Å². The van der Waals surface area contributed by atoms with E-state index in [0.29, 0.717) is 35.3 Å². The van der Waals surface area contributed by atoms with Crippen LogP contribution in [-0.2, 0) is 0 Å². The molecule has 2 aromatic heterocycles. The second kappa shape index (κ2) is 15.1. The number of Topliss-reactive ketones (excluding diaryl/α,β-unsaturated/α-hetero) is 1. The molecule has 0 saturated carbocycles. The summed E-state index contributed by atoms with van der Waals surface area (Å²) in [5, 5.41) is 0.399. The number of hydrogen-bond acceptors (Lipinski definition) is 6. The molecule has 0 spiro atoms. The molecule has 0 fully saturated rings. The molecule has 2 heterocycles. The molecule has 44 heavy (non-hydrogen) atoms. The lowest BCUT2D eigenvalue weighted by Gasteiger charge is -2.20. The highest BCUT2D eigenvalue weighted by Gasteiger charge is 2.21. The Hall–Kier alpha value is -4.83. The summed E-state index contributed by atoms with van der Waals surface area (Å²) in [7, 11) is 1.73. The van der Waals surface area contributed by atoms with E-state index in [-0.39, 0.29) is 23.2 Å². The third-order valence-electron chi connectivity index (χ3n) is 6.62. The van der Waals surface area contributed by atoms with Gasteiger partial charge < -0.3 is 10.6 Å². The maximum atomic E-state index is 14.7. The zero-order valence-corrected chi connectivity index (χ0v) is 25.7. The van der Waals surface area contributed by atoms with Gasteiger partial charge in [0.2, 0.25) is 5.95 Å². The summed E-state index contributed by atoms with van der Waals surface area (Å²) in [6.07, 6.45) is 0. The van der Waals surface area contributed by atoms with E-state index in [9.17, 15) is 22.8 Å². The van der Waals surface area contributed by atoms with Crippen molar-refractivity contribution in [2.24, 2.45) is 5.73 Å². The Bertz CT molecular complexity index is 1780. The number of halogens is 3. The summed E-state index contributed by atoms with van der Waals surface area (Å²) in [6.45, 7) is 9.98. The van der Waals surface area contributed by atoms with Crippen molar-refractivity contribution in [3.8, 4) is 16.9 Å². The Morgan fingerprint density at radius 2 is 1.55 bits per heavy atom. The Labute approximate surface area is 254 Å². The zero-order chi connectivity index (χ0) is 32.6. The molecule has 0 saturated heterocycles. The van der Waals surface area contributed by atoms with Gasteiger partial charge in [-0.3, -0.25) is 14.2 Å². The van der Waals surface area contributed by atoms with Gasteiger partial charge in [0, 0.05) is 42.7 Å². The number of nitrogens with two attached hydrogens (primary N) is 1. The first kappa shape index (κ1) is 33.7. The molecule has 230 valence electrons. The highest BCUT2D eigenvalue weighted by Crippen LogP contribution is 2.32. The van der Waals surface area contributed by atoms with E-state index in [1.165, 1.54) is 37.3 Å². The second-order valence-corrected chi connectivity index (χ2v) is 9.78. The maximum absolute atomic E-state index is 14.7. The van der Waals surface area contributed by atoms with Crippen molar-refractivity contribution >= 4 is 22.8 Å². The van der Waals surface area contributed by atoms with Gasteiger partial charge in [-0.1, -0.05) is 49.7 Å². The van der Waals surface area contributed by atoms with Gasteiger partial charge >= 0.3 is 0 Å². The average Bonchev–Trinajstić information content (AvgIpc) is 3.00. The molecule has 0 aliphatic rings. The van der Waals surface area contributed by atoms with Crippen LogP contribution in [0.5, 0.6) is 0 Å². The number of anilines is 1. The van der Waals surface area contributed by atoms with Crippen LogP contribution < -0.4 is 16.2 Å². The van der Waals surface area contributed by atoms with Crippen LogP contribution in [-0.4, -0.2) is 40.5 Å². The molecule has 0 radical (unpaired) electrons. The van der Waals surface area contributed by atoms with Crippen molar-refractivity contribution in [1.29, 1.82) is 0 Å². The number of carbonyl (C=O) groups excluding carboxylic acids is 1. The van der Waals surface area contributed by atoms with Gasteiger partial charge in [0.1, 0.15) is 23.1 Å². The van der Waals surface area contributed by atoms with E-state index in [0.717, 1.165) is 27.8 Å². The summed E-state index contributed by atoms with van der Waals surface area (Å²) in [5.74, 6) is -1.87. The number of fused-ring (bicyclic) bond motifs is 1. The first-order chi connectivity index (χ1) is 21.0. The van der Waals surface area contributed by atoms with Crippen molar-refractivity contribution in [3.05, 3.63) is 117 Å². The molecule has 7 nitrogen and oxygen atoms in total. The highest BCUT2D eigenvalue weighted by atomic mass is 19.1. The summed E-state index contributed by atoms with van der Waals surface area (Å²) in [6, 6.07) is 17.7. The Morgan fingerprint density at radius 3 is 2.11 bits per heavy atom. The fourth-order valence-electron chi connectivity index (χ4n) is 4.32. The predicted octanol–water partition coefficient (Wildman–Crippen LogP) is 6.79. The second-order valence-electron chi connectivity index (χ2n) is 9.78. The monoisotopic (exact) mass is 603 g/mol. The van der Waals surface area contributed by atoms with Crippen molar-refractivity contribution in [2.75, 3.05) is 25.0 Å². The summed E-state index contributed by atoms with van der Waals surface area (Å²) < 4.78 is 42.5. The van der Waals surface area contributed by atoms with Gasteiger partial charge in [-0.25, -0.2) is 18.2 Å². The highest BCUT2D eigenvalue weighted by molar-refractivity contribution is 5.98. The number of aromatic nitrogens is 3. The third-order valence-corrected chi connectivity index (χ3v) is 6.62. The number of rotatable bonds is 6. The minimum absolute atomic E-state index is 0.0352. The Kier molecular flexibility index (Phi) is 11.5. The SMILES string of the molecule is CC.CC(=O)c1ccc(C)c(-c2nc(N(C)CCN)nc3c2ccc(=O)n3-c2c(F)cccc2F)c1.Cc1ccc(F)cc1. The molecule has 5 rings (SSSR count). The summed E-state index contributed by atoms with van der Waals surface area (Å²) in [5.41, 5.74) is 8.03. The van der Waals surface area contributed by atoms with Gasteiger partial charge in [-0.15, -0.1) is 0 Å². The van der Waals surface area contributed by atoms with Crippen LogP contribution in [0.3, 0.4) is 0 Å². The molecule has 0 aliphatic carbocycles. The smallest absolute Gasteiger partial charge is 0.256 e. The average molecular weight is 604 g/mol. The van der Waals surface area contributed by atoms with Gasteiger partial charge in [0.15, 0.2) is 11.4 Å². The van der Waals surface area contributed by atoms with Gasteiger partial charge in [-0.2, -0.15) is 4.98 Å².